The highest BCUT2D eigenvalue weighted by molar-refractivity contribution is 7.89. The number of ether oxygens (including phenoxy) is 1. The lowest BCUT2D eigenvalue weighted by atomic mass is 10.2. The summed E-state index contributed by atoms with van der Waals surface area (Å²) in [5.41, 5.74) is 1.33. The monoisotopic (exact) mass is 362 g/mol. The highest BCUT2D eigenvalue weighted by Crippen LogP contribution is 2.29. The summed E-state index contributed by atoms with van der Waals surface area (Å²) in [6, 6.07) is 13.5. The average molecular weight is 363 g/mol. The van der Waals surface area contributed by atoms with Crippen molar-refractivity contribution < 1.29 is 13.2 Å². The molecule has 7 heteroatoms. The lowest BCUT2D eigenvalue weighted by Crippen LogP contribution is -2.23. The van der Waals surface area contributed by atoms with E-state index in [1.165, 1.54) is 13.2 Å². The van der Waals surface area contributed by atoms with Crippen LogP contribution in [0.2, 0.25) is 5.02 Å². The van der Waals surface area contributed by atoms with Crippen LogP contribution in [0.25, 0.3) is 10.9 Å². The number of sulfonamides is 1. The van der Waals surface area contributed by atoms with E-state index in [-0.39, 0.29) is 11.4 Å². The molecule has 0 unspecified atom stereocenters. The summed E-state index contributed by atoms with van der Waals surface area (Å²) >= 11 is 5.83. The maximum Gasteiger partial charge on any atom is 0.241 e. The lowest BCUT2D eigenvalue weighted by molar-refractivity contribution is 0.418. The van der Waals surface area contributed by atoms with Crippen molar-refractivity contribution in [3.05, 3.63) is 65.3 Å². The molecule has 0 spiro atoms. The maximum atomic E-state index is 12.7. The Bertz CT molecular complexity index is 973. The van der Waals surface area contributed by atoms with Crippen molar-refractivity contribution in [1.29, 1.82) is 0 Å². The number of nitrogens with zero attached hydrogens (tertiary/aromatic N) is 1. The Morgan fingerprint density at radius 2 is 1.88 bits per heavy atom. The van der Waals surface area contributed by atoms with E-state index in [9.17, 15) is 8.42 Å². The van der Waals surface area contributed by atoms with Gasteiger partial charge in [0.1, 0.15) is 11.3 Å². The van der Waals surface area contributed by atoms with Crippen LogP contribution in [-0.4, -0.2) is 20.5 Å². The highest BCUT2D eigenvalue weighted by atomic mass is 35.5. The molecule has 1 N–H and O–H groups in total. The summed E-state index contributed by atoms with van der Waals surface area (Å²) in [6.45, 7) is 0.174. The third-order valence-corrected chi connectivity index (χ3v) is 5.29. The van der Waals surface area contributed by atoms with Crippen LogP contribution >= 0.6 is 11.6 Å². The zero-order valence-electron chi connectivity index (χ0n) is 12.9. The molecule has 0 bridgehead atoms. The Kier molecular flexibility index (Phi) is 4.71. The van der Waals surface area contributed by atoms with Gasteiger partial charge in [0.05, 0.1) is 12.0 Å². The summed E-state index contributed by atoms with van der Waals surface area (Å²) in [4.78, 5) is 4.39. The fourth-order valence-corrected chi connectivity index (χ4v) is 3.72. The van der Waals surface area contributed by atoms with Crippen LogP contribution in [0.15, 0.2) is 59.6 Å². The van der Waals surface area contributed by atoms with Crippen molar-refractivity contribution in [2.45, 2.75) is 11.4 Å². The quantitative estimate of drug-likeness (QED) is 0.755. The predicted molar refractivity (Wildman–Crippen MR) is 93.8 cm³/mol. The maximum absolute atomic E-state index is 12.7. The first-order chi connectivity index (χ1) is 11.5. The van der Waals surface area contributed by atoms with Crippen LogP contribution in [-0.2, 0) is 16.6 Å². The molecule has 1 aromatic heterocycles. The van der Waals surface area contributed by atoms with Crippen LogP contribution in [0.3, 0.4) is 0 Å². The Morgan fingerprint density at radius 1 is 1.12 bits per heavy atom. The number of benzene rings is 2. The van der Waals surface area contributed by atoms with E-state index >= 15 is 0 Å². The number of hydrogen-bond acceptors (Lipinski definition) is 4. The van der Waals surface area contributed by atoms with Crippen LogP contribution in [0.1, 0.15) is 5.56 Å². The number of nitrogens with one attached hydrogen (secondary N) is 1. The van der Waals surface area contributed by atoms with Gasteiger partial charge in [0.15, 0.2) is 0 Å². The molecule has 3 rings (SSSR count). The number of pyridine rings is 1. The molecule has 0 saturated carbocycles. The second kappa shape index (κ2) is 6.76. The van der Waals surface area contributed by atoms with Crippen LogP contribution in [0, 0.1) is 0 Å². The largest absolute Gasteiger partial charge is 0.494 e. The van der Waals surface area contributed by atoms with Gasteiger partial charge in [-0.15, -0.1) is 0 Å². The van der Waals surface area contributed by atoms with E-state index in [4.69, 9.17) is 16.3 Å². The first kappa shape index (κ1) is 16.7. The molecule has 0 saturated heterocycles. The molecule has 0 aliphatic carbocycles. The van der Waals surface area contributed by atoms with Crippen molar-refractivity contribution in [3.8, 4) is 5.75 Å². The van der Waals surface area contributed by atoms with Gasteiger partial charge in [-0.25, -0.2) is 13.1 Å². The van der Waals surface area contributed by atoms with Gasteiger partial charge in [-0.1, -0.05) is 23.7 Å². The minimum atomic E-state index is -3.70. The van der Waals surface area contributed by atoms with Crippen LogP contribution in [0.5, 0.6) is 5.75 Å². The molecule has 0 aliphatic rings. The Balaban J connectivity index is 1.95. The standard InChI is InChI=1S/C17H15ClN2O3S/c1-23-15-8-9-16(14-3-2-10-19-17(14)15)24(21,22)20-11-12-4-6-13(18)7-5-12/h2-10,20H,11H2,1H3. The van der Waals surface area contributed by atoms with Crippen LogP contribution in [0.4, 0.5) is 0 Å². The molecule has 0 atom stereocenters. The number of hydrogen-bond donors (Lipinski definition) is 1. The third-order valence-electron chi connectivity index (χ3n) is 3.58. The lowest BCUT2D eigenvalue weighted by Gasteiger charge is -2.11. The molecule has 0 radical (unpaired) electrons. The molecule has 0 amide bonds. The summed E-state index contributed by atoms with van der Waals surface area (Å²) in [7, 11) is -2.17. The fraction of sp³-hybridized carbons (Fsp3) is 0.118. The SMILES string of the molecule is COc1ccc(S(=O)(=O)NCc2ccc(Cl)cc2)c2cccnc12. The minimum Gasteiger partial charge on any atom is -0.494 e. The van der Waals surface area contributed by atoms with Crippen molar-refractivity contribution >= 4 is 32.5 Å². The second-order valence-corrected chi connectivity index (χ2v) is 7.29. The molecule has 124 valence electrons. The number of fused-ring (bicyclic) bond motifs is 1. The van der Waals surface area contributed by atoms with Gasteiger partial charge >= 0.3 is 0 Å². The topological polar surface area (TPSA) is 68.3 Å². The van der Waals surface area contributed by atoms with Crippen molar-refractivity contribution in [2.75, 3.05) is 7.11 Å². The van der Waals surface area contributed by atoms with Gasteiger partial charge in [0, 0.05) is 23.2 Å². The van der Waals surface area contributed by atoms with E-state index in [1.54, 1.807) is 48.7 Å². The first-order valence-electron chi connectivity index (χ1n) is 7.17. The van der Waals surface area contributed by atoms with Gasteiger partial charge in [0.2, 0.25) is 10.0 Å². The third kappa shape index (κ3) is 3.36. The molecule has 0 fully saturated rings. The van der Waals surface area contributed by atoms with Gasteiger partial charge in [-0.2, -0.15) is 0 Å². The zero-order chi connectivity index (χ0) is 17.2. The molecule has 0 aliphatic heterocycles. The van der Waals surface area contributed by atoms with Gasteiger partial charge in [-0.05, 0) is 42.0 Å². The van der Waals surface area contributed by atoms with E-state index in [0.717, 1.165) is 5.56 Å². The molecular weight excluding hydrogens is 348 g/mol. The first-order valence-corrected chi connectivity index (χ1v) is 9.03. The smallest absolute Gasteiger partial charge is 0.241 e. The highest BCUT2D eigenvalue weighted by Gasteiger charge is 2.19. The predicted octanol–water partition coefficient (Wildman–Crippen LogP) is 3.38. The number of aromatic nitrogens is 1. The normalized spacial score (nSPS) is 11.6. The fourth-order valence-electron chi connectivity index (χ4n) is 2.38. The van der Waals surface area contributed by atoms with Crippen molar-refractivity contribution in [1.82, 2.24) is 9.71 Å². The Morgan fingerprint density at radius 3 is 2.58 bits per heavy atom. The summed E-state index contributed by atoms with van der Waals surface area (Å²) < 4.78 is 33.2. The van der Waals surface area contributed by atoms with Crippen molar-refractivity contribution in [3.63, 3.8) is 0 Å². The van der Waals surface area contributed by atoms with Gasteiger partial charge in [-0.3, -0.25) is 4.98 Å². The summed E-state index contributed by atoms with van der Waals surface area (Å²) in [5, 5.41) is 1.12. The molecule has 5 nitrogen and oxygen atoms in total. The zero-order valence-corrected chi connectivity index (χ0v) is 14.4. The molecule has 3 aromatic rings. The van der Waals surface area contributed by atoms with E-state index in [1.807, 2.05) is 0 Å². The van der Waals surface area contributed by atoms with Gasteiger partial charge < -0.3 is 4.74 Å². The molecule has 1 heterocycles. The van der Waals surface area contributed by atoms with Gasteiger partial charge in [0.25, 0.3) is 0 Å². The molecular formula is C17H15ClN2O3S. The second-order valence-electron chi connectivity index (χ2n) is 5.12. The van der Waals surface area contributed by atoms with E-state index < -0.39 is 10.0 Å². The Hall–Kier alpha value is -2.15. The number of rotatable bonds is 5. The Labute approximate surface area is 145 Å². The van der Waals surface area contributed by atoms with E-state index in [0.29, 0.717) is 21.7 Å². The number of halogens is 1. The average Bonchev–Trinajstić information content (AvgIpc) is 2.60. The minimum absolute atomic E-state index is 0.167. The van der Waals surface area contributed by atoms with Crippen LogP contribution < -0.4 is 9.46 Å². The molecule has 2 aromatic carbocycles. The summed E-state index contributed by atoms with van der Waals surface area (Å²) in [5.74, 6) is 0.530. The summed E-state index contributed by atoms with van der Waals surface area (Å²) in [6.07, 6.45) is 1.60. The van der Waals surface area contributed by atoms with E-state index in [2.05, 4.69) is 9.71 Å². The molecule has 24 heavy (non-hydrogen) atoms. The van der Waals surface area contributed by atoms with Crippen molar-refractivity contribution in [2.24, 2.45) is 0 Å². The number of methoxy groups -OCH3 is 1.